The molecule has 4 heteroatoms. The molecule has 0 fully saturated rings. The zero-order valence-electron chi connectivity index (χ0n) is 14.4. The summed E-state index contributed by atoms with van der Waals surface area (Å²) >= 11 is 0. The van der Waals surface area contributed by atoms with Gasteiger partial charge in [-0.05, 0) is 55.0 Å². The average Bonchev–Trinajstić information content (AvgIpc) is 3.12. The van der Waals surface area contributed by atoms with Crippen molar-refractivity contribution in [1.29, 1.82) is 0 Å². The number of fused-ring (bicyclic) bond motifs is 2. The fraction of sp³-hybridized carbons (Fsp3) is 0.333. The van der Waals surface area contributed by atoms with Crippen molar-refractivity contribution in [3.63, 3.8) is 0 Å². The minimum atomic E-state index is 0.0593. The Morgan fingerprint density at radius 3 is 2.92 bits per heavy atom. The number of para-hydroxylation sites is 1. The monoisotopic (exact) mass is 334 g/mol. The molecule has 0 saturated carbocycles. The van der Waals surface area contributed by atoms with Gasteiger partial charge in [-0.25, -0.2) is 0 Å². The SMILES string of the molecule is CC1Cc2ccccc2N1C(=O)CCCc1ccc2c(c1)CC(=O)N2. The molecule has 1 atom stereocenters. The normalized spacial score (nSPS) is 18.0. The van der Waals surface area contributed by atoms with Crippen molar-refractivity contribution in [1.82, 2.24) is 0 Å². The third-order valence-electron chi connectivity index (χ3n) is 5.13. The molecule has 2 aliphatic rings. The number of hydrogen-bond donors (Lipinski definition) is 1. The van der Waals surface area contributed by atoms with Gasteiger partial charge in [-0.3, -0.25) is 9.59 Å². The molecule has 0 radical (unpaired) electrons. The van der Waals surface area contributed by atoms with Crippen LogP contribution in [-0.2, 0) is 28.9 Å². The van der Waals surface area contributed by atoms with Crippen molar-refractivity contribution < 1.29 is 9.59 Å². The number of benzene rings is 2. The average molecular weight is 334 g/mol. The van der Waals surface area contributed by atoms with Gasteiger partial charge in [0.15, 0.2) is 0 Å². The highest BCUT2D eigenvalue weighted by Gasteiger charge is 2.29. The van der Waals surface area contributed by atoms with Crippen LogP contribution in [0.25, 0.3) is 0 Å². The number of nitrogens with one attached hydrogen (secondary N) is 1. The molecule has 0 aliphatic carbocycles. The maximum Gasteiger partial charge on any atom is 0.228 e. The predicted octanol–water partition coefficient (Wildman–Crippen LogP) is 3.48. The van der Waals surface area contributed by atoms with Crippen LogP contribution >= 0.6 is 0 Å². The van der Waals surface area contributed by atoms with Crippen LogP contribution in [0, 0.1) is 0 Å². The van der Waals surface area contributed by atoms with E-state index in [2.05, 4.69) is 24.4 Å². The second-order valence-electron chi connectivity index (χ2n) is 7.02. The number of hydrogen-bond acceptors (Lipinski definition) is 2. The summed E-state index contributed by atoms with van der Waals surface area (Å²) in [5.41, 5.74) is 5.52. The maximum absolute atomic E-state index is 12.7. The number of carbonyl (C=O) groups is 2. The molecule has 2 amide bonds. The molecule has 0 aromatic heterocycles. The number of carbonyl (C=O) groups excluding carboxylic acids is 2. The van der Waals surface area contributed by atoms with Gasteiger partial charge in [0.25, 0.3) is 0 Å². The minimum absolute atomic E-state index is 0.0593. The third kappa shape index (κ3) is 3.04. The first kappa shape index (κ1) is 15.9. The largest absolute Gasteiger partial charge is 0.326 e. The van der Waals surface area contributed by atoms with Gasteiger partial charge in [-0.15, -0.1) is 0 Å². The summed E-state index contributed by atoms with van der Waals surface area (Å²) in [6.45, 7) is 2.11. The zero-order chi connectivity index (χ0) is 17.4. The molecule has 2 aliphatic heterocycles. The van der Waals surface area contributed by atoms with E-state index < -0.39 is 0 Å². The van der Waals surface area contributed by atoms with E-state index in [1.165, 1.54) is 11.1 Å². The number of amides is 2. The summed E-state index contributed by atoms with van der Waals surface area (Å²) in [5, 5.41) is 2.85. The van der Waals surface area contributed by atoms with E-state index in [0.717, 1.165) is 36.2 Å². The van der Waals surface area contributed by atoms with Gasteiger partial charge < -0.3 is 10.2 Å². The minimum Gasteiger partial charge on any atom is -0.326 e. The van der Waals surface area contributed by atoms with Gasteiger partial charge in [-0.1, -0.05) is 30.3 Å². The van der Waals surface area contributed by atoms with E-state index in [-0.39, 0.29) is 17.9 Å². The second-order valence-corrected chi connectivity index (χ2v) is 7.02. The number of aryl methyl sites for hydroxylation is 1. The molecule has 2 aromatic carbocycles. The van der Waals surface area contributed by atoms with Crippen molar-refractivity contribution in [2.45, 2.75) is 45.1 Å². The van der Waals surface area contributed by atoms with E-state index in [1.54, 1.807) is 0 Å². The number of rotatable bonds is 4. The van der Waals surface area contributed by atoms with Gasteiger partial charge in [-0.2, -0.15) is 0 Å². The fourth-order valence-corrected chi connectivity index (χ4v) is 3.95. The molecular formula is C21H22N2O2. The van der Waals surface area contributed by atoms with Crippen LogP contribution in [0.2, 0.25) is 0 Å². The molecule has 4 nitrogen and oxygen atoms in total. The zero-order valence-corrected chi connectivity index (χ0v) is 14.4. The second kappa shape index (κ2) is 6.36. The Bertz CT molecular complexity index is 844. The van der Waals surface area contributed by atoms with Gasteiger partial charge in [0, 0.05) is 23.8 Å². The lowest BCUT2D eigenvalue weighted by atomic mass is 10.0. The summed E-state index contributed by atoms with van der Waals surface area (Å²) in [6, 6.07) is 14.5. The molecule has 128 valence electrons. The van der Waals surface area contributed by atoms with Crippen LogP contribution in [-0.4, -0.2) is 17.9 Å². The van der Waals surface area contributed by atoms with E-state index in [1.807, 2.05) is 35.2 Å². The maximum atomic E-state index is 12.7. The first-order valence-corrected chi connectivity index (χ1v) is 8.93. The topological polar surface area (TPSA) is 49.4 Å². The summed E-state index contributed by atoms with van der Waals surface area (Å²) in [4.78, 5) is 26.1. The fourth-order valence-electron chi connectivity index (χ4n) is 3.95. The van der Waals surface area contributed by atoms with Crippen LogP contribution in [0.3, 0.4) is 0 Å². The van der Waals surface area contributed by atoms with Crippen LogP contribution in [0.15, 0.2) is 42.5 Å². The van der Waals surface area contributed by atoms with Crippen molar-refractivity contribution in [3.05, 3.63) is 59.2 Å². The Morgan fingerprint density at radius 2 is 2.04 bits per heavy atom. The van der Waals surface area contributed by atoms with E-state index in [9.17, 15) is 9.59 Å². The summed E-state index contributed by atoms with van der Waals surface area (Å²) in [5.74, 6) is 0.263. The predicted molar refractivity (Wildman–Crippen MR) is 98.8 cm³/mol. The third-order valence-corrected chi connectivity index (χ3v) is 5.13. The standard InChI is InChI=1S/C21H22N2O2/c1-14-11-16-6-2-3-7-19(16)23(14)21(25)8-4-5-15-9-10-18-17(12-15)13-20(24)22-18/h2-3,6-7,9-10,12,14H,4-5,8,11,13H2,1H3,(H,22,24). The highest BCUT2D eigenvalue weighted by molar-refractivity contribution is 5.99. The Morgan fingerprint density at radius 1 is 1.20 bits per heavy atom. The lowest BCUT2D eigenvalue weighted by Crippen LogP contribution is -2.35. The summed E-state index contributed by atoms with van der Waals surface area (Å²) in [7, 11) is 0. The molecule has 25 heavy (non-hydrogen) atoms. The molecule has 4 rings (SSSR count). The number of nitrogens with zero attached hydrogens (tertiary/aromatic N) is 1. The lowest BCUT2D eigenvalue weighted by molar-refractivity contribution is -0.119. The Balaban J connectivity index is 1.37. The lowest BCUT2D eigenvalue weighted by Gasteiger charge is -2.22. The Hall–Kier alpha value is -2.62. The molecule has 1 unspecified atom stereocenters. The molecular weight excluding hydrogens is 312 g/mol. The van der Waals surface area contributed by atoms with Crippen molar-refractivity contribution in [3.8, 4) is 0 Å². The van der Waals surface area contributed by atoms with Gasteiger partial charge >= 0.3 is 0 Å². The quantitative estimate of drug-likeness (QED) is 0.930. The molecule has 0 saturated heterocycles. The summed E-state index contributed by atoms with van der Waals surface area (Å²) in [6.07, 6.45) is 3.63. The summed E-state index contributed by atoms with van der Waals surface area (Å²) < 4.78 is 0. The Labute approximate surface area is 147 Å². The molecule has 2 aromatic rings. The molecule has 1 N–H and O–H groups in total. The van der Waals surface area contributed by atoms with Gasteiger partial charge in [0.05, 0.1) is 6.42 Å². The van der Waals surface area contributed by atoms with E-state index in [0.29, 0.717) is 12.8 Å². The highest BCUT2D eigenvalue weighted by Crippen LogP contribution is 2.32. The van der Waals surface area contributed by atoms with Crippen molar-refractivity contribution >= 4 is 23.2 Å². The smallest absolute Gasteiger partial charge is 0.228 e. The van der Waals surface area contributed by atoms with Gasteiger partial charge in [0.2, 0.25) is 11.8 Å². The highest BCUT2D eigenvalue weighted by atomic mass is 16.2. The molecule has 0 spiro atoms. The number of anilines is 2. The van der Waals surface area contributed by atoms with Crippen LogP contribution in [0.1, 0.15) is 36.5 Å². The van der Waals surface area contributed by atoms with Gasteiger partial charge in [0.1, 0.15) is 0 Å². The molecule has 0 bridgehead atoms. The van der Waals surface area contributed by atoms with E-state index in [4.69, 9.17) is 0 Å². The first-order valence-electron chi connectivity index (χ1n) is 8.93. The van der Waals surface area contributed by atoms with Crippen molar-refractivity contribution in [2.24, 2.45) is 0 Å². The van der Waals surface area contributed by atoms with Crippen LogP contribution < -0.4 is 10.2 Å². The van der Waals surface area contributed by atoms with E-state index >= 15 is 0 Å². The van der Waals surface area contributed by atoms with Crippen molar-refractivity contribution in [2.75, 3.05) is 10.2 Å². The Kier molecular flexibility index (Phi) is 4.04. The van der Waals surface area contributed by atoms with Crippen LogP contribution in [0.4, 0.5) is 11.4 Å². The molecule has 2 heterocycles. The van der Waals surface area contributed by atoms with Crippen LogP contribution in [0.5, 0.6) is 0 Å². The first-order chi connectivity index (χ1) is 12.1.